The predicted molar refractivity (Wildman–Crippen MR) is 95.7 cm³/mol. The highest BCUT2D eigenvalue weighted by Crippen LogP contribution is 2.32. The summed E-state index contributed by atoms with van der Waals surface area (Å²) in [6, 6.07) is 6.44. The Balaban J connectivity index is 1.54. The number of halogens is 3. The molecule has 8 nitrogen and oxygen atoms in total. The van der Waals surface area contributed by atoms with Gasteiger partial charge in [0.25, 0.3) is 11.5 Å². The molecule has 0 aliphatic carbocycles. The molecule has 2 aromatic rings. The smallest absolute Gasteiger partial charge is 0.417 e. The molecule has 3 rings (SSSR count). The van der Waals surface area contributed by atoms with Gasteiger partial charge in [-0.25, -0.2) is 0 Å². The topological polar surface area (TPSA) is 95.9 Å². The van der Waals surface area contributed by atoms with Gasteiger partial charge in [-0.2, -0.15) is 13.2 Å². The van der Waals surface area contributed by atoms with Crippen LogP contribution in [0.3, 0.4) is 0 Å². The fourth-order valence-electron chi connectivity index (χ4n) is 2.63. The lowest BCUT2D eigenvalue weighted by Crippen LogP contribution is -2.37. The van der Waals surface area contributed by atoms with Crippen LogP contribution in [0.1, 0.15) is 18.1 Å². The van der Waals surface area contributed by atoms with Gasteiger partial charge < -0.3 is 24.1 Å². The van der Waals surface area contributed by atoms with Gasteiger partial charge in [-0.3, -0.25) is 14.4 Å². The van der Waals surface area contributed by atoms with Gasteiger partial charge in [0, 0.05) is 18.8 Å². The third kappa shape index (κ3) is 5.10. The van der Waals surface area contributed by atoms with E-state index in [4.69, 9.17) is 14.2 Å². The number of fused-ring (bicyclic) bond motifs is 1. The van der Waals surface area contributed by atoms with Gasteiger partial charge in [0.2, 0.25) is 6.79 Å². The number of amides is 1. The van der Waals surface area contributed by atoms with E-state index in [1.54, 1.807) is 18.2 Å². The van der Waals surface area contributed by atoms with E-state index in [1.165, 1.54) is 6.92 Å². The third-order valence-electron chi connectivity index (χ3n) is 4.19. The summed E-state index contributed by atoms with van der Waals surface area (Å²) in [5, 5.41) is 2.57. The minimum Gasteiger partial charge on any atom is -0.454 e. The summed E-state index contributed by atoms with van der Waals surface area (Å²) in [4.78, 5) is 35.8. The number of hydrogen-bond donors (Lipinski definition) is 1. The SMILES string of the molecule is C[C@@H](OC(=O)Cn1cc(C(F)(F)F)ccc1=O)C(=O)NCc1ccc2c(c1)OCO2. The monoisotopic (exact) mass is 426 g/mol. The highest BCUT2D eigenvalue weighted by atomic mass is 19.4. The lowest BCUT2D eigenvalue weighted by Gasteiger charge is -2.15. The third-order valence-corrected chi connectivity index (χ3v) is 4.19. The second kappa shape index (κ2) is 8.47. The largest absolute Gasteiger partial charge is 0.454 e. The number of carbonyl (C=O) groups is 2. The zero-order valence-corrected chi connectivity index (χ0v) is 15.7. The molecule has 0 fully saturated rings. The second-order valence-corrected chi connectivity index (χ2v) is 6.42. The standard InChI is InChI=1S/C19H17F3N2O6/c1-11(18(27)23-7-12-2-4-14-15(6-12)29-10-28-14)30-17(26)9-24-8-13(19(20,21)22)3-5-16(24)25/h2-6,8,11H,7,9-10H2,1H3,(H,23,27)/t11-/m1/s1. The molecule has 11 heteroatoms. The van der Waals surface area contributed by atoms with Crippen molar-refractivity contribution in [3.63, 3.8) is 0 Å². The summed E-state index contributed by atoms with van der Waals surface area (Å²) in [7, 11) is 0. The van der Waals surface area contributed by atoms with Crippen molar-refractivity contribution in [3.8, 4) is 11.5 Å². The number of aromatic nitrogens is 1. The van der Waals surface area contributed by atoms with Crippen LogP contribution in [0.5, 0.6) is 11.5 Å². The van der Waals surface area contributed by atoms with Crippen LogP contribution in [0.15, 0.2) is 41.3 Å². The summed E-state index contributed by atoms with van der Waals surface area (Å²) >= 11 is 0. The summed E-state index contributed by atoms with van der Waals surface area (Å²) in [5.74, 6) is -0.496. The number of ether oxygens (including phenoxy) is 3. The van der Waals surface area contributed by atoms with Gasteiger partial charge in [0.15, 0.2) is 17.6 Å². The predicted octanol–water partition coefficient (Wildman–Crippen LogP) is 1.84. The molecular formula is C19H17F3N2O6. The molecule has 1 amide bonds. The van der Waals surface area contributed by atoms with Crippen molar-refractivity contribution >= 4 is 11.9 Å². The highest BCUT2D eigenvalue weighted by molar-refractivity contribution is 5.83. The van der Waals surface area contributed by atoms with Crippen molar-refractivity contribution in [2.45, 2.75) is 32.3 Å². The number of hydrogen-bond acceptors (Lipinski definition) is 6. The normalized spacial score (nSPS) is 13.6. The molecule has 1 aliphatic rings. The number of benzene rings is 1. The van der Waals surface area contributed by atoms with Crippen molar-refractivity contribution in [2.75, 3.05) is 6.79 Å². The molecule has 1 aromatic carbocycles. The number of carbonyl (C=O) groups excluding carboxylic acids is 2. The van der Waals surface area contributed by atoms with E-state index in [2.05, 4.69) is 5.32 Å². The zero-order valence-electron chi connectivity index (χ0n) is 15.7. The van der Waals surface area contributed by atoms with Gasteiger partial charge in [0.1, 0.15) is 6.54 Å². The fourth-order valence-corrected chi connectivity index (χ4v) is 2.63. The van der Waals surface area contributed by atoms with Crippen molar-refractivity contribution in [2.24, 2.45) is 0 Å². The van der Waals surface area contributed by atoms with Crippen LogP contribution in [-0.4, -0.2) is 29.3 Å². The summed E-state index contributed by atoms with van der Waals surface area (Å²) in [5.41, 5.74) is -1.16. The van der Waals surface area contributed by atoms with Gasteiger partial charge in [-0.15, -0.1) is 0 Å². The van der Waals surface area contributed by atoms with E-state index in [9.17, 15) is 27.6 Å². The lowest BCUT2D eigenvalue weighted by molar-refractivity contribution is -0.155. The molecule has 0 radical (unpaired) electrons. The first-order valence-corrected chi connectivity index (χ1v) is 8.77. The Morgan fingerprint density at radius 1 is 1.20 bits per heavy atom. The van der Waals surface area contributed by atoms with Crippen molar-refractivity contribution in [1.82, 2.24) is 9.88 Å². The average molecular weight is 426 g/mol. The number of alkyl halides is 3. The number of nitrogens with zero attached hydrogens (tertiary/aromatic N) is 1. The molecule has 0 unspecified atom stereocenters. The molecule has 0 saturated heterocycles. The van der Waals surface area contributed by atoms with E-state index < -0.39 is 41.8 Å². The molecule has 1 N–H and O–H groups in total. The van der Waals surface area contributed by atoms with Gasteiger partial charge in [-0.05, 0) is 30.7 Å². The fraction of sp³-hybridized carbons (Fsp3) is 0.316. The number of esters is 1. The Kier molecular flexibility index (Phi) is 5.99. The Hall–Kier alpha value is -3.50. The summed E-state index contributed by atoms with van der Waals surface area (Å²) in [6.45, 7) is 0.794. The number of nitrogens with one attached hydrogen (secondary N) is 1. The molecule has 2 heterocycles. The molecule has 160 valence electrons. The Morgan fingerprint density at radius 3 is 2.67 bits per heavy atom. The van der Waals surface area contributed by atoms with Crippen LogP contribution in [0.2, 0.25) is 0 Å². The van der Waals surface area contributed by atoms with E-state index in [0.29, 0.717) is 34.4 Å². The Morgan fingerprint density at radius 2 is 1.93 bits per heavy atom. The highest BCUT2D eigenvalue weighted by Gasteiger charge is 2.31. The first-order chi connectivity index (χ1) is 14.1. The van der Waals surface area contributed by atoms with Crippen molar-refractivity contribution in [1.29, 1.82) is 0 Å². The lowest BCUT2D eigenvalue weighted by atomic mass is 10.2. The average Bonchev–Trinajstić information content (AvgIpc) is 3.14. The molecular weight excluding hydrogens is 409 g/mol. The van der Waals surface area contributed by atoms with Crippen LogP contribution in [-0.2, 0) is 33.6 Å². The first-order valence-electron chi connectivity index (χ1n) is 8.77. The first kappa shape index (κ1) is 21.2. The van der Waals surface area contributed by atoms with Crippen LogP contribution in [0, 0.1) is 0 Å². The minimum atomic E-state index is -4.67. The molecule has 1 aliphatic heterocycles. The van der Waals surface area contributed by atoms with Crippen molar-refractivity contribution < 1.29 is 37.0 Å². The van der Waals surface area contributed by atoms with E-state index >= 15 is 0 Å². The Labute approximate surface area is 168 Å². The minimum absolute atomic E-state index is 0.118. The van der Waals surface area contributed by atoms with Gasteiger partial charge in [0.05, 0.1) is 5.56 Å². The maximum Gasteiger partial charge on any atom is 0.417 e. The molecule has 30 heavy (non-hydrogen) atoms. The van der Waals surface area contributed by atoms with Crippen LogP contribution >= 0.6 is 0 Å². The van der Waals surface area contributed by atoms with Crippen molar-refractivity contribution in [3.05, 3.63) is 58.0 Å². The molecule has 1 atom stereocenters. The zero-order chi connectivity index (χ0) is 21.9. The van der Waals surface area contributed by atoms with E-state index in [-0.39, 0.29) is 13.3 Å². The van der Waals surface area contributed by atoms with Crippen LogP contribution in [0.4, 0.5) is 13.2 Å². The number of rotatable bonds is 6. The van der Waals surface area contributed by atoms with Crippen LogP contribution < -0.4 is 20.3 Å². The Bertz CT molecular complexity index is 1020. The van der Waals surface area contributed by atoms with Gasteiger partial charge in [-0.1, -0.05) is 6.07 Å². The maximum atomic E-state index is 12.8. The summed E-state index contributed by atoms with van der Waals surface area (Å²) < 4.78 is 54.2. The van der Waals surface area contributed by atoms with Gasteiger partial charge >= 0.3 is 12.1 Å². The molecule has 1 aromatic heterocycles. The second-order valence-electron chi connectivity index (χ2n) is 6.42. The quantitative estimate of drug-likeness (QED) is 0.709. The summed E-state index contributed by atoms with van der Waals surface area (Å²) in [6.07, 6.45) is -5.36. The molecule has 0 bridgehead atoms. The van der Waals surface area contributed by atoms with Crippen LogP contribution in [0.25, 0.3) is 0 Å². The van der Waals surface area contributed by atoms with E-state index in [1.807, 2.05) is 0 Å². The molecule has 0 saturated carbocycles. The van der Waals surface area contributed by atoms with E-state index in [0.717, 1.165) is 5.56 Å². The molecule has 0 spiro atoms. The maximum absolute atomic E-state index is 12.8. The number of pyridine rings is 1.